The SMILES string of the molecule is Clc1ccc2c(c1)[C@H]1O[C@@H]1CC2. The summed E-state index contributed by atoms with van der Waals surface area (Å²) in [6.45, 7) is 0. The highest BCUT2D eigenvalue weighted by Crippen LogP contribution is 2.47. The molecule has 0 aromatic heterocycles. The maximum absolute atomic E-state index is 5.90. The van der Waals surface area contributed by atoms with Crippen molar-refractivity contribution in [2.24, 2.45) is 0 Å². The first-order valence-corrected chi connectivity index (χ1v) is 4.66. The van der Waals surface area contributed by atoms with Crippen molar-refractivity contribution in [2.75, 3.05) is 0 Å². The molecular formula is C10H9ClO. The predicted molar refractivity (Wildman–Crippen MR) is 47.4 cm³/mol. The molecule has 1 aliphatic carbocycles. The summed E-state index contributed by atoms with van der Waals surface area (Å²) in [5, 5.41) is 0.824. The van der Waals surface area contributed by atoms with Gasteiger partial charge in [0.1, 0.15) is 6.10 Å². The maximum Gasteiger partial charge on any atom is 0.109 e. The number of halogens is 1. The average molecular weight is 181 g/mol. The van der Waals surface area contributed by atoms with Gasteiger partial charge in [0.2, 0.25) is 0 Å². The molecule has 3 rings (SSSR count). The van der Waals surface area contributed by atoms with Gasteiger partial charge in [-0.05, 0) is 36.1 Å². The number of ether oxygens (including phenoxy) is 1. The molecule has 1 aromatic carbocycles. The van der Waals surface area contributed by atoms with Crippen LogP contribution in [0.15, 0.2) is 18.2 Å². The number of hydrogen-bond donors (Lipinski definition) is 0. The summed E-state index contributed by atoms with van der Waals surface area (Å²) in [7, 11) is 0. The molecule has 0 radical (unpaired) electrons. The molecule has 0 amide bonds. The van der Waals surface area contributed by atoms with E-state index >= 15 is 0 Å². The fourth-order valence-corrected chi connectivity index (χ4v) is 2.17. The highest BCUT2D eigenvalue weighted by atomic mass is 35.5. The fourth-order valence-electron chi connectivity index (χ4n) is 1.99. The zero-order chi connectivity index (χ0) is 8.13. The van der Waals surface area contributed by atoms with E-state index in [0.29, 0.717) is 12.2 Å². The van der Waals surface area contributed by atoms with E-state index in [0.717, 1.165) is 11.4 Å². The first-order valence-electron chi connectivity index (χ1n) is 4.28. The quantitative estimate of drug-likeness (QED) is 0.560. The molecule has 2 heteroatoms. The molecule has 1 heterocycles. The lowest BCUT2D eigenvalue weighted by molar-refractivity contribution is 0.373. The van der Waals surface area contributed by atoms with Crippen LogP contribution in [0.2, 0.25) is 5.02 Å². The van der Waals surface area contributed by atoms with Gasteiger partial charge >= 0.3 is 0 Å². The molecule has 0 saturated carbocycles. The highest BCUT2D eigenvalue weighted by molar-refractivity contribution is 6.30. The van der Waals surface area contributed by atoms with Crippen molar-refractivity contribution in [1.29, 1.82) is 0 Å². The van der Waals surface area contributed by atoms with Gasteiger partial charge in [-0.3, -0.25) is 0 Å². The van der Waals surface area contributed by atoms with Crippen molar-refractivity contribution in [2.45, 2.75) is 25.0 Å². The van der Waals surface area contributed by atoms with Crippen LogP contribution in [0.4, 0.5) is 0 Å². The van der Waals surface area contributed by atoms with Gasteiger partial charge < -0.3 is 4.74 Å². The second-order valence-electron chi connectivity index (χ2n) is 3.48. The minimum atomic E-state index is 0.368. The van der Waals surface area contributed by atoms with Crippen LogP contribution in [0.25, 0.3) is 0 Å². The smallest absolute Gasteiger partial charge is 0.109 e. The molecule has 1 fully saturated rings. The molecule has 1 saturated heterocycles. The van der Waals surface area contributed by atoms with Crippen molar-refractivity contribution in [1.82, 2.24) is 0 Å². The number of fused-ring (bicyclic) bond motifs is 3. The van der Waals surface area contributed by atoms with E-state index in [2.05, 4.69) is 6.07 Å². The predicted octanol–water partition coefficient (Wildman–Crippen LogP) is 2.73. The van der Waals surface area contributed by atoms with Crippen LogP contribution in [0.1, 0.15) is 23.7 Å². The third-order valence-corrected chi connectivity index (χ3v) is 2.93. The van der Waals surface area contributed by atoms with Crippen molar-refractivity contribution >= 4 is 11.6 Å². The van der Waals surface area contributed by atoms with Crippen LogP contribution in [0, 0.1) is 0 Å². The van der Waals surface area contributed by atoms with Gasteiger partial charge in [0.05, 0.1) is 6.10 Å². The van der Waals surface area contributed by atoms with Crippen molar-refractivity contribution in [3.05, 3.63) is 34.3 Å². The second-order valence-corrected chi connectivity index (χ2v) is 3.91. The first kappa shape index (κ1) is 6.93. The minimum Gasteiger partial charge on any atom is -0.364 e. The zero-order valence-electron chi connectivity index (χ0n) is 6.59. The molecule has 0 spiro atoms. The monoisotopic (exact) mass is 180 g/mol. The molecule has 1 nitrogen and oxygen atoms in total. The van der Waals surface area contributed by atoms with Gasteiger partial charge in [0.15, 0.2) is 0 Å². The summed E-state index contributed by atoms with van der Waals surface area (Å²) in [6.07, 6.45) is 3.19. The fraction of sp³-hybridized carbons (Fsp3) is 0.400. The Balaban J connectivity index is 2.14. The number of hydrogen-bond acceptors (Lipinski definition) is 1. The third-order valence-electron chi connectivity index (χ3n) is 2.70. The van der Waals surface area contributed by atoms with Gasteiger partial charge in [0.25, 0.3) is 0 Å². The summed E-state index contributed by atoms with van der Waals surface area (Å²) in [5.74, 6) is 0. The third kappa shape index (κ3) is 0.900. The molecule has 2 atom stereocenters. The average Bonchev–Trinajstić information content (AvgIpc) is 2.82. The van der Waals surface area contributed by atoms with E-state index in [4.69, 9.17) is 16.3 Å². The Morgan fingerprint density at radius 2 is 2.33 bits per heavy atom. The molecular weight excluding hydrogens is 172 g/mol. The van der Waals surface area contributed by atoms with E-state index < -0.39 is 0 Å². The normalized spacial score (nSPS) is 30.8. The van der Waals surface area contributed by atoms with Gasteiger partial charge in [0, 0.05) is 5.02 Å². The molecule has 12 heavy (non-hydrogen) atoms. The van der Waals surface area contributed by atoms with Gasteiger partial charge in [-0.1, -0.05) is 17.7 Å². The Morgan fingerprint density at radius 3 is 3.25 bits per heavy atom. The number of benzene rings is 1. The van der Waals surface area contributed by atoms with Crippen LogP contribution in [0.5, 0.6) is 0 Å². The summed E-state index contributed by atoms with van der Waals surface area (Å²) in [6, 6.07) is 6.12. The molecule has 62 valence electrons. The number of aryl methyl sites for hydroxylation is 1. The molecule has 0 N–H and O–H groups in total. The number of rotatable bonds is 0. The Kier molecular flexibility index (Phi) is 1.29. The number of epoxide rings is 1. The lowest BCUT2D eigenvalue weighted by Gasteiger charge is -2.11. The van der Waals surface area contributed by atoms with Gasteiger partial charge in [-0.15, -0.1) is 0 Å². The van der Waals surface area contributed by atoms with Crippen LogP contribution in [-0.4, -0.2) is 6.10 Å². The van der Waals surface area contributed by atoms with E-state index in [1.165, 1.54) is 17.5 Å². The van der Waals surface area contributed by atoms with E-state index in [9.17, 15) is 0 Å². The largest absolute Gasteiger partial charge is 0.364 e. The van der Waals surface area contributed by atoms with Crippen LogP contribution >= 0.6 is 11.6 Å². The summed E-state index contributed by atoms with van der Waals surface area (Å²) >= 11 is 5.90. The Hall–Kier alpha value is -0.530. The Bertz CT molecular complexity index is 335. The molecule has 0 unspecified atom stereocenters. The standard InChI is InChI=1S/C10H9ClO/c11-7-3-1-6-2-4-9-10(12-9)8(6)5-7/h1,3,5,9-10H,2,4H2/t9-,10-/m1/s1. The lowest BCUT2D eigenvalue weighted by Crippen LogP contribution is -2.03. The minimum absolute atomic E-state index is 0.368. The van der Waals surface area contributed by atoms with Gasteiger partial charge in [-0.2, -0.15) is 0 Å². The second kappa shape index (κ2) is 2.24. The van der Waals surface area contributed by atoms with E-state index in [1.54, 1.807) is 0 Å². The summed E-state index contributed by atoms with van der Waals surface area (Å²) < 4.78 is 5.50. The van der Waals surface area contributed by atoms with Crippen LogP contribution < -0.4 is 0 Å². The lowest BCUT2D eigenvalue weighted by atomic mass is 9.92. The Morgan fingerprint density at radius 1 is 1.42 bits per heavy atom. The topological polar surface area (TPSA) is 12.5 Å². The molecule has 0 bridgehead atoms. The highest BCUT2D eigenvalue weighted by Gasteiger charge is 2.43. The first-order chi connectivity index (χ1) is 5.84. The zero-order valence-corrected chi connectivity index (χ0v) is 7.34. The maximum atomic E-state index is 5.90. The van der Waals surface area contributed by atoms with Gasteiger partial charge in [-0.25, -0.2) is 0 Å². The van der Waals surface area contributed by atoms with Crippen molar-refractivity contribution < 1.29 is 4.74 Å². The molecule has 2 aliphatic rings. The molecule has 1 aromatic rings. The van der Waals surface area contributed by atoms with E-state index in [-0.39, 0.29) is 0 Å². The van der Waals surface area contributed by atoms with Crippen molar-refractivity contribution in [3.63, 3.8) is 0 Å². The van der Waals surface area contributed by atoms with E-state index in [1.807, 2.05) is 12.1 Å². The van der Waals surface area contributed by atoms with Crippen LogP contribution in [-0.2, 0) is 11.2 Å². The van der Waals surface area contributed by atoms with Crippen LogP contribution in [0.3, 0.4) is 0 Å². The van der Waals surface area contributed by atoms with Crippen molar-refractivity contribution in [3.8, 4) is 0 Å². The molecule has 1 aliphatic heterocycles. The summed E-state index contributed by atoms with van der Waals surface area (Å²) in [4.78, 5) is 0. The Labute approximate surface area is 76.3 Å². The summed E-state index contributed by atoms with van der Waals surface area (Å²) in [5.41, 5.74) is 2.73.